The number of carbonyl (C=O) groups is 3. The van der Waals surface area contributed by atoms with E-state index in [-0.39, 0.29) is 22.9 Å². The van der Waals surface area contributed by atoms with Gasteiger partial charge in [0.05, 0.1) is 0 Å². The zero-order chi connectivity index (χ0) is 19.8. The molecule has 2 rings (SSSR count). The summed E-state index contributed by atoms with van der Waals surface area (Å²) in [4.78, 5) is 35.0. The number of hydrogen-bond acceptors (Lipinski definition) is 6. The topological polar surface area (TPSA) is 114 Å². The number of phenols is 1. The van der Waals surface area contributed by atoms with Crippen molar-refractivity contribution in [1.82, 2.24) is 10.9 Å². The van der Waals surface area contributed by atoms with Crippen LogP contribution in [0.1, 0.15) is 10.4 Å². The predicted octanol–water partition coefficient (Wildman–Crippen LogP) is 2.08. The summed E-state index contributed by atoms with van der Waals surface area (Å²) in [6.07, 6.45) is 0. The molecule has 0 aliphatic heterocycles. The molecule has 0 fully saturated rings. The van der Waals surface area contributed by atoms with E-state index in [1.807, 2.05) is 0 Å². The Morgan fingerprint density at radius 2 is 1.48 bits per heavy atom. The van der Waals surface area contributed by atoms with E-state index in [2.05, 4.69) is 10.9 Å². The lowest BCUT2D eigenvalue weighted by Crippen LogP contribution is -2.45. The van der Waals surface area contributed by atoms with Crippen LogP contribution in [-0.4, -0.2) is 36.1 Å². The molecule has 0 radical (unpaired) electrons. The number of esters is 1. The zero-order valence-electron chi connectivity index (χ0n) is 13.7. The number of aromatic hydroxyl groups is 1. The van der Waals surface area contributed by atoms with Crippen LogP contribution in [0.5, 0.6) is 11.5 Å². The maximum Gasteiger partial charge on any atom is 0.342 e. The van der Waals surface area contributed by atoms with Gasteiger partial charge in [-0.05, 0) is 42.5 Å². The van der Waals surface area contributed by atoms with Crippen LogP contribution in [0.2, 0.25) is 10.0 Å². The van der Waals surface area contributed by atoms with E-state index in [1.54, 1.807) is 24.3 Å². The molecule has 0 bridgehead atoms. The van der Waals surface area contributed by atoms with Crippen LogP contribution in [0.4, 0.5) is 0 Å². The van der Waals surface area contributed by atoms with Gasteiger partial charge in [-0.15, -0.1) is 0 Å². The molecule has 0 saturated carbocycles. The van der Waals surface area contributed by atoms with E-state index < -0.39 is 24.4 Å². The van der Waals surface area contributed by atoms with E-state index in [0.717, 1.165) is 0 Å². The van der Waals surface area contributed by atoms with Crippen LogP contribution < -0.4 is 15.6 Å². The second-order valence-electron chi connectivity index (χ2n) is 5.08. The summed E-state index contributed by atoms with van der Waals surface area (Å²) in [6, 6.07) is 10.2. The Balaban J connectivity index is 1.70. The van der Waals surface area contributed by atoms with Gasteiger partial charge in [0.1, 0.15) is 17.1 Å². The van der Waals surface area contributed by atoms with Crippen molar-refractivity contribution < 1.29 is 29.0 Å². The third-order valence-corrected chi connectivity index (χ3v) is 3.52. The van der Waals surface area contributed by atoms with Crippen LogP contribution in [-0.2, 0) is 14.3 Å². The van der Waals surface area contributed by atoms with Gasteiger partial charge in [-0.1, -0.05) is 23.2 Å². The number of amides is 2. The highest BCUT2D eigenvalue weighted by molar-refractivity contribution is 6.31. The fraction of sp³-hybridized carbons (Fsp3) is 0.118. The Hall–Kier alpha value is -2.97. The van der Waals surface area contributed by atoms with Crippen molar-refractivity contribution in [3.05, 3.63) is 58.1 Å². The molecule has 0 spiro atoms. The summed E-state index contributed by atoms with van der Waals surface area (Å²) in [7, 11) is 0. The van der Waals surface area contributed by atoms with E-state index in [9.17, 15) is 19.5 Å². The molecule has 0 aromatic heterocycles. The highest BCUT2D eigenvalue weighted by atomic mass is 35.5. The van der Waals surface area contributed by atoms with Gasteiger partial charge in [-0.2, -0.15) is 0 Å². The van der Waals surface area contributed by atoms with Gasteiger partial charge in [0.25, 0.3) is 11.8 Å². The number of nitrogens with one attached hydrogen (secondary N) is 2. The van der Waals surface area contributed by atoms with Gasteiger partial charge in [-0.25, -0.2) is 4.79 Å². The molecule has 2 aromatic carbocycles. The smallest absolute Gasteiger partial charge is 0.342 e. The number of carbonyl (C=O) groups excluding carboxylic acids is 3. The van der Waals surface area contributed by atoms with Crippen LogP contribution in [0.25, 0.3) is 0 Å². The van der Waals surface area contributed by atoms with Gasteiger partial charge >= 0.3 is 5.97 Å². The van der Waals surface area contributed by atoms with E-state index in [0.29, 0.717) is 10.8 Å². The second kappa shape index (κ2) is 9.65. The lowest BCUT2D eigenvalue weighted by molar-refractivity contribution is -0.131. The molecule has 27 heavy (non-hydrogen) atoms. The summed E-state index contributed by atoms with van der Waals surface area (Å²) in [5, 5.41) is 10.3. The Kier molecular flexibility index (Phi) is 7.27. The maximum atomic E-state index is 11.8. The Bertz CT molecular complexity index is 842. The molecule has 3 N–H and O–H groups in total. The Morgan fingerprint density at radius 3 is 2.15 bits per heavy atom. The minimum atomic E-state index is -0.942. The summed E-state index contributed by atoms with van der Waals surface area (Å²) in [5.41, 5.74) is 3.97. The molecule has 0 heterocycles. The molecule has 0 aliphatic rings. The van der Waals surface area contributed by atoms with Crippen LogP contribution in [0, 0.1) is 0 Å². The number of hydrazine groups is 1. The summed E-state index contributed by atoms with van der Waals surface area (Å²) < 4.78 is 9.92. The number of phenolic OH excluding ortho intramolecular Hbond substituents is 1. The molecule has 0 atom stereocenters. The lowest BCUT2D eigenvalue weighted by Gasteiger charge is -2.10. The summed E-state index contributed by atoms with van der Waals surface area (Å²) in [6.45, 7) is -1.03. The minimum Gasteiger partial charge on any atom is -0.507 e. The number of halogens is 2. The first-order chi connectivity index (χ1) is 12.8. The molecule has 0 unspecified atom stereocenters. The monoisotopic (exact) mass is 412 g/mol. The third kappa shape index (κ3) is 6.69. The molecule has 10 heteroatoms. The average Bonchev–Trinajstić information content (AvgIpc) is 2.65. The first-order valence-corrected chi connectivity index (χ1v) is 8.22. The van der Waals surface area contributed by atoms with Crippen LogP contribution in [0.3, 0.4) is 0 Å². The molecule has 8 nitrogen and oxygen atoms in total. The fourth-order valence-electron chi connectivity index (χ4n) is 1.77. The molecule has 2 aromatic rings. The lowest BCUT2D eigenvalue weighted by atomic mass is 10.2. The van der Waals surface area contributed by atoms with Crippen molar-refractivity contribution in [3.63, 3.8) is 0 Å². The highest BCUT2D eigenvalue weighted by Gasteiger charge is 2.15. The molecule has 2 amide bonds. The van der Waals surface area contributed by atoms with Crippen molar-refractivity contribution in [2.24, 2.45) is 0 Å². The molecular weight excluding hydrogens is 399 g/mol. The largest absolute Gasteiger partial charge is 0.507 e. The SMILES string of the molecule is O=C(COC(=O)c1cc(Cl)ccc1O)NNC(=O)COc1ccc(Cl)cc1. The van der Waals surface area contributed by atoms with Crippen molar-refractivity contribution in [3.8, 4) is 11.5 Å². The van der Waals surface area contributed by atoms with Gasteiger partial charge in [0.2, 0.25) is 0 Å². The summed E-state index contributed by atoms with van der Waals surface area (Å²) >= 11 is 11.5. The van der Waals surface area contributed by atoms with Crippen LogP contribution >= 0.6 is 23.2 Å². The first kappa shape index (κ1) is 20.3. The van der Waals surface area contributed by atoms with E-state index >= 15 is 0 Å². The number of hydrogen-bond donors (Lipinski definition) is 3. The maximum absolute atomic E-state index is 11.8. The molecule has 0 saturated heterocycles. The van der Waals surface area contributed by atoms with Gasteiger partial charge < -0.3 is 14.6 Å². The van der Waals surface area contributed by atoms with Gasteiger partial charge in [-0.3, -0.25) is 20.4 Å². The third-order valence-electron chi connectivity index (χ3n) is 3.04. The Labute approximate surface area is 163 Å². The molecule has 142 valence electrons. The van der Waals surface area contributed by atoms with E-state index in [1.165, 1.54) is 18.2 Å². The quantitative estimate of drug-likeness (QED) is 0.494. The van der Waals surface area contributed by atoms with Gasteiger partial charge in [0, 0.05) is 10.0 Å². The van der Waals surface area contributed by atoms with Gasteiger partial charge in [0.15, 0.2) is 13.2 Å². The zero-order valence-corrected chi connectivity index (χ0v) is 15.2. The highest BCUT2D eigenvalue weighted by Crippen LogP contribution is 2.22. The molecule has 0 aliphatic carbocycles. The standard InChI is InChI=1S/C17H14Cl2N2O6/c18-10-1-4-12(5-2-10)26-8-15(23)20-21-16(24)9-27-17(25)13-7-11(19)3-6-14(13)22/h1-7,22H,8-9H2,(H,20,23)(H,21,24). The minimum absolute atomic E-state index is 0.185. The predicted molar refractivity (Wildman–Crippen MR) is 96.6 cm³/mol. The average molecular weight is 413 g/mol. The normalized spacial score (nSPS) is 10.0. The van der Waals surface area contributed by atoms with E-state index in [4.69, 9.17) is 32.7 Å². The number of rotatable bonds is 6. The van der Waals surface area contributed by atoms with Crippen molar-refractivity contribution in [1.29, 1.82) is 0 Å². The first-order valence-electron chi connectivity index (χ1n) is 7.47. The molecular formula is C17H14Cl2N2O6. The second-order valence-corrected chi connectivity index (χ2v) is 5.95. The van der Waals surface area contributed by atoms with Crippen molar-refractivity contribution in [2.75, 3.05) is 13.2 Å². The van der Waals surface area contributed by atoms with Crippen LogP contribution in [0.15, 0.2) is 42.5 Å². The number of benzene rings is 2. The van der Waals surface area contributed by atoms with Crippen molar-refractivity contribution in [2.45, 2.75) is 0 Å². The fourth-order valence-corrected chi connectivity index (χ4v) is 2.07. The van der Waals surface area contributed by atoms with Crippen molar-refractivity contribution >= 4 is 41.0 Å². The number of ether oxygens (including phenoxy) is 2. The Morgan fingerprint density at radius 1 is 0.889 bits per heavy atom. The summed E-state index contributed by atoms with van der Waals surface area (Å²) in [5.74, 6) is -2.27.